The Morgan fingerprint density at radius 2 is 1.82 bits per heavy atom. The number of carbonyl (C=O) groups excluding carboxylic acids is 1. The van der Waals surface area contributed by atoms with Crippen LogP contribution >= 0.6 is 0 Å². The Kier molecular flexibility index (Phi) is 5.25. The van der Waals surface area contributed by atoms with Gasteiger partial charge in [0.2, 0.25) is 5.91 Å². The van der Waals surface area contributed by atoms with Gasteiger partial charge < -0.3 is 4.90 Å². The van der Waals surface area contributed by atoms with Gasteiger partial charge in [0.25, 0.3) is 0 Å². The van der Waals surface area contributed by atoms with Crippen LogP contribution in [-0.4, -0.2) is 38.8 Å². The largest absolute Gasteiger partial charge is 0.342 e. The van der Waals surface area contributed by atoms with Crippen LogP contribution in [0.2, 0.25) is 0 Å². The van der Waals surface area contributed by atoms with Crippen molar-refractivity contribution in [3.63, 3.8) is 0 Å². The number of aromatic nitrogens is 3. The SMILES string of the molecule is O=C([C@H]1C[C@@H]2C=C[C@H]1C2)N1CCC[C@H](c2nc(-c3ccncc3)ncc2-c2ccccc2)C1. The van der Waals surface area contributed by atoms with Crippen molar-refractivity contribution in [2.75, 3.05) is 13.1 Å². The van der Waals surface area contributed by atoms with E-state index in [1.807, 2.05) is 24.4 Å². The zero-order valence-electron chi connectivity index (χ0n) is 18.7. The maximum atomic E-state index is 13.5. The zero-order valence-corrected chi connectivity index (χ0v) is 18.7. The highest BCUT2D eigenvalue weighted by Crippen LogP contribution is 2.45. The molecule has 166 valence electrons. The van der Waals surface area contributed by atoms with Crippen molar-refractivity contribution in [3.05, 3.63) is 78.9 Å². The topological polar surface area (TPSA) is 59.0 Å². The molecule has 1 aliphatic heterocycles. The van der Waals surface area contributed by atoms with Crippen molar-refractivity contribution in [1.82, 2.24) is 19.9 Å². The molecule has 2 aliphatic carbocycles. The highest BCUT2D eigenvalue weighted by atomic mass is 16.2. The Morgan fingerprint density at radius 3 is 2.58 bits per heavy atom. The maximum absolute atomic E-state index is 13.5. The molecule has 6 rings (SSSR count). The van der Waals surface area contributed by atoms with Crippen LogP contribution in [0.3, 0.4) is 0 Å². The zero-order chi connectivity index (χ0) is 22.2. The second kappa shape index (κ2) is 8.54. The van der Waals surface area contributed by atoms with Gasteiger partial charge in [-0.05, 0) is 55.2 Å². The Balaban J connectivity index is 1.33. The number of fused-ring (bicyclic) bond motifs is 2. The number of carbonyl (C=O) groups is 1. The predicted molar refractivity (Wildman–Crippen MR) is 128 cm³/mol. The number of allylic oxidation sites excluding steroid dienone is 2. The van der Waals surface area contributed by atoms with Gasteiger partial charge in [-0.15, -0.1) is 0 Å². The lowest BCUT2D eigenvalue weighted by Crippen LogP contribution is -2.43. The molecule has 1 amide bonds. The number of benzene rings is 1. The smallest absolute Gasteiger partial charge is 0.226 e. The Labute approximate surface area is 194 Å². The maximum Gasteiger partial charge on any atom is 0.226 e. The van der Waals surface area contributed by atoms with Crippen LogP contribution in [0.25, 0.3) is 22.5 Å². The second-order valence-corrected chi connectivity index (χ2v) is 9.60. The first-order valence-corrected chi connectivity index (χ1v) is 12.1. The van der Waals surface area contributed by atoms with E-state index in [-0.39, 0.29) is 11.8 Å². The van der Waals surface area contributed by atoms with Crippen LogP contribution in [0, 0.1) is 17.8 Å². The summed E-state index contributed by atoms with van der Waals surface area (Å²) in [5, 5.41) is 0. The normalized spacial score (nSPS) is 26.0. The Bertz CT molecular complexity index is 1180. The summed E-state index contributed by atoms with van der Waals surface area (Å²) in [6.45, 7) is 1.60. The Morgan fingerprint density at radius 1 is 0.970 bits per heavy atom. The van der Waals surface area contributed by atoms with E-state index in [0.29, 0.717) is 23.6 Å². The van der Waals surface area contributed by atoms with Gasteiger partial charge in [-0.2, -0.15) is 0 Å². The minimum atomic E-state index is 0.171. The molecule has 3 aromatic rings. The summed E-state index contributed by atoms with van der Waals surface area (Å²) in [6.07, 6.45) is 14.3. The average molecular weight is 437 g/mol. The highest BCUT2D eigenvalue weighted by molar-refractivity contribution is 5.80. The summed E-state index contributed by atoms with van der Waals surface area (Å²) >= 11 is 0. The van der Waals surface area contributed by atoms with Gasteiger partial charge in [-0.25, -0.2) is 9.97 Å². The lowest BCUT2D eigenvalue weighted by molar-refractivity contribution is -0.137. The van der Waals surface area contributed by atoms with E-state index < -0.39 is 0 Å². The van der Waals surface area contributed by atoms with Crippen molar-refractivity contribution >= 4 is 5.91 Å². The fraction of sp³-hybridized carbons (Fsp3) is 0.357. The molecule has 1 saturated heterocycles. The van der Waals surface area contributed by atoms with Crippen LogP contribution in [0.5, 0.6) is 0 Å². The number of rotatable bonds is 4. The number of hydrogen-bond acceptors (Lipinski definition) is 4. The molecule has 3 aliphatic rings. The van der Waals surface area contributed by atoms with E-state index in [9.17, 15) is 4.79 Å². The average Bonchev–Trinajstić information content (AvgIpc) is 3.53. The molecule has 2 fully saturated rings. The standard InChI is InChI=1S/C28H28N4O/c33-28(24-16-19-8-9-22(24)15-19)32-14-4-7-23(18-32)26-25(20-5-2-1-3-6-20)17-30-27(31-26)21-10-12-29-13-11-21/h1-3,5-6,8-13,17,19,22-24H,4,7,14-16,18H2/t19-,22+,23+,24+/m1/s1. The van der Waals surface area contributed by atoms with Gasteiger partial charge in [0.1, 0.15) is 0 Å². The van der Waals surface area contributed by atoms with Crippen molar-refractivity contribution in [1.29, 1.82) is 0 Å². The first kappa shape index (κ1) is 20.3. The van der Waals surface area contributed by atoms with Gasteiger partial charge in [0.15, 0.2) is 5.82 Å². The molecule has 4 atom stereocenters. The van der Waals surface area contributed by atoms with E-state index in [2.05, 4.69) is 46.3 Å². The molecular formula is C28H28N4O. The van der Waals surface area contributed by atoms with Gasteiger partial charge in [-0.3, -0.25) is 9.78 Å². The number of nitrogens with zero attached hydrogens (tertiary/aromatic N) is 4. The molecule has 0 unspecified atom stereocenters. The summed E-state index contributed by atoms with van der Waals surface area (Å²) < 4.78 is 0. The number of pyridine rings is 1. The van der Waals surface area contributed by atoms with Crippen LogP contribution < -0.4 is 0 Å². The molecule has 2 bridgehead atoms. The molecule has 1 saturated carbocycles. The molecular weight excluding hydrogens is 408 g/mol. The van der Waals surface area contributed by atoms with E-state index in [4.69, 9.17) is 9.97 Å². The third-order valence-electron chi connectivity index (χ3n) is 7.56. The summed E-state index contributed by atoms with van der Waals surface area (Å²) in [5.41, 5.74) is 4.20. The summed E-state index contributed by atoms with van der Waals surface area (Å²) in [7, 11) is 0. The molecule has 3 heterocycles. The lowest BCUT2D eigenvalue weighted by atomic mass is 9.87. The third-order valence-corrected chi connectivity index (χ3v) is 7.56. The number of amides is 1. The molecule has 2 aromatic heterocycles. The molecule has 5 heteroatoms. The van der Waals surface area contributed by atoms with E-state index in [1.165, 1.54) is 0 Å². The number of hydrogen-bond donors (Lipinski definition) is 0. The highest BCUT2D eigenvalue weighted by Gasteiger charge is 2.42. The number of piperidine rings is 1. The van der Waals surface area contributed by atoms with Crippen molar-refractivity contribution in [2.45, 2.75) is 31.6 Å². The van der Waals surface area contributed by atoms with Crippen molar-refractivity contribution < 1.29 is 4.79 Å². The van der Waals surface area contributed by atoms with Crippen molar-refractivity contribution in [3.8, 4) is 22.5 Å². The Hall–Kier alpha value is -3.34. The summed E-state index contributed by atoms with van der Waals surface area (Å²) in [5.74, 6) is 2.50. The minimum Gasteiger partial charge on any atom is -0.342 e. The molecule has 0 spiro atoms. The van der Waals surface area contributed by atoms with E-state index >= 15 is 0 Å². The second-order valence-electron chi connectivity index (χ2n) is 9.60. The fourth-order valence-electron chi connectivity index (χ4n) is 5.89. The minimum absolute atomic E-state index is 0.171. The first-order valence-electron chi connectivity index (χ1n) is 12.1. The van der Waals surface area contributed by atoms with Crippen LogP contribution in [0.4, 0.5) is 0 Å². The number of likely N-dealkylation sites (tertiary alicyclic amines) is 1. The molecule has 0 N–H and O–H groups in total. The summed E-state index contributed by atoms with van der Waals surface area (Å²) in [4.78, 5) is 29.5. The van der Waals surface area contributed by atoms with Crippen molar-refractivity contribution in [2.24, 2.45) is 17.8 Å². The van der Waals surface area contributed by atoms with Crippen LogP contribution in [0.1, 0.15) is 37.3 Å². The first-order chi connectivity index (χ1) is 16.3. The molecule has 1 aromatic carbocycles. The predicted octanol–water partition coefficient (Wildman–Crippen LogP) is 5.12. The van der Waals surface area contributed by atoms with Gasteiger partial charge in [0.05, 0.1) is 5.69 Å². The molecule has 5 nitrogen and oxygen atoms in total. The van der Waals surface area contributed by atoms with Gasteiger partial charge in [-0.1, -0.05) is 42.5 Å². The van der Waals surface area contributed by atoms with Gasteiger partial charge in [0, 0.05) is 54.6 Å². The van der Waals surface area contributed by atoms with Gasteiger partial charge >= 0.3 is 0 Å². The lowest BCUT2D eigenvalue weighted by Gasteiger charge is -2.36. The van der Waals surface area contributed by atoms with E-state index in [1.54, 1.807) is 12.4 Å². The van der Waals surface area contributed by atoms with E-state index in [0.717, 1.165) is 61.2 Å². The summed E-state index contributed by atoms with van der Waals surface area (Å²) in [6, 6.07) is 14.2. The quantitative estimate of drug-likeness (QED) is 0.533. The van der Waals surface area contributed by atoms with Crippen LogP contribution in [0.15, 0.2) is 73.2 Å². The van der Waals surface area contributed by atoms with Crippen LogP contribution in [-0.2, 0) is 4.79 Å². The third kappa shape index (κ3) is 3.86. The molecule has 0 radical (unpaired) electrons. The molecule has 33 heavy (non-hydrogen) atoms. The fourth-order valence-corrected chi connectivity index (χ4v) is 5.89. The monoisotopic (exact) mass is 436 g/mol.